The van der Waals surface area contributed by atoms with E-state index in [1.165, 1.54) is 11.3 Å². The molecule has 0 unspecified atom stereocenters. The van der Waals surface area contributed by atoms with Gasteiger partial charge in [0.2, 0.25) is 5.91 Å². The average molecular weight is 533 g/mol. The van der Waals surface area contributed by atoms with Gasteiger partial charge in [-0.25, -0.2) is 0 Å². The highest BCUT2D eigenvalue weighted by Crippen LogP contribution is 2.28. The molecule has 1 aliphatic heterocycles. The summed E-state index contributed by atoms with van der Waals surface area (Å²) in [5.74, 6) is -0.103. The number of carbonyl (C=O) groups excluding carboxylic acids is 3. The van der Waals surface area contributed by atoms with Crippen molar-refractivity contribution < 1.29 is 19.1 Å². The van der Waals surface area contributed by atoms with Crippen LogP contribution in [0.3, 0.4) is 0 Å². The molecule has 1 saturated heterocycles. The van der Waals surface area contributed by atoms with E-state index < -0.39 is 6.04 Å². The van der Waals surface area contributed by atoms with Gasteiger partial charge < -0.3 is 20.3 Å². The summed E-state index contributed by atoms with van der Waals surface area (Å²) in [5.41, 5.74) is 1.42. The fourth-order valence-corrected chi connectivity index (χ4v) is 5.44. The third kappa shape index (κ3) is 6.64. The summed E-state index contributed by atoms with van der Waals surface area (Å²) in [4.78, 5) is 42.8. The first-order chi connectivity index (χ1) is 17.3. The van der Waals surface area contributed by atoms with E-state index in [0.717, 1.165) is 31.5 Å². The molecule has 194 valence electrons. The maximum Gasteiger partial charge on any atom is 0.261 e. The number of ether oxygens (including phenoxy) is 1. The summed E-state index contributed by atoms with van der Waals surface area (Å²) >= 11 is 7.21. The molecule has 0 bridgehead atoms. The third-order valence-electron chi connectivity index (χ3n) is 6.51. The largest absolute Gasteiger partial charge is 0.370 e. The lowest BCUT2D eigenvalue weighted by molar-refractivity contribution is -0.125. The number of nitrogens with zero attached hydrogens (tertiary/aromatic N) is 2. The van der Waals surface area contributed by atoms with Crippen LogP contribution in [0.5, 0.6) is 0 Å². The second kappa shape index (κ2) is 12.2. The van der Waals surface area contributed by atoms with Gasteiger partial charge in [0.25, 0.3) is 11.8 Å². The number of carbonyl (C=O) groups is 3. The van der Waals surface area contributed by atoms with Gasteiger partial charge in [-0.2, -0.15) is 0 Å². The van der Waals surface area contributed by atoms with E-state index in [0.29, 0.717) is 40.0 Å². The van der Waals surface area contributed by atoms with Crippen LogP contribution in [0.4, 0.5) is 11.4 Å². The van der Waals surface area contributed by atoms with Crippen molar-refractivity contribution in [2.45, 2.75) is 45.2 Å². The van der Waals surface area contributed by atoms with Crippen LogP contribution < -0.4 is 15.5 Å². The number of hydrogen-bond acceptors (Lipinski definition) is 6. The van der Waals surface area contributed by atoms with Crippen LogP contribution in [-0.4, -0.2) is 67.6 Å². The van der Waals surface area contributed by atoms with Gasteiger partial charge >= 0.3 is 0 Å². The smallest absolute Gasteiger partial charge is 0.261 e. The van der Waals surface area contributed by atoms with Gasteiger partial charge in [-0.05, 0) is 55.2 Å². The number of thiophene rings is 1. The topological polar surface area (TPSA) is 91.0 Å². The Morgan fingerprint density at radius 1 is 1.19 bits per heavy atom. The van der Waals surface area contributed by atoms with Crippen molar-refractivity contribution in [3.8, 4) is 0 Å². The fourth-order valence-electron chi connectivity index (χ4n) is 4.49. The minimum Gasteiger partial charge on any atom is -0.370 e. The number of nitrogens with one attached hydrogen (secondary N) is 2. The van der Waals surface area contributed by atoms with Crippen LogP contribution in [0.1, 0.15) is 42.8 Å². The van der Waals surface area contributed by atoms with Crippen molar-refractivity contribution in [2.75, 3.05) is 43.1 Å². The molecular formula is C26H33ClN4O4S. The van der Waals surface area contributed by atoms with Crippen LogP contribution in [-0.2, 0) is 14.3 Å². The Balaban J connectivity index is 1.47. The van der Waals surface area contributed by atoms with E-state index in [1.54, 1.807) is 29.2 Å². The molecule has 1 saturated carbocycles. The summed E-state index contributed by atoms with van der Waals surface area (Å²) in [6, 6.07) is 10.4. The second-order valence-corrected chi connectivity index (χ2v) is 11.4. The summed E-state index contributed by atoms with van der Waals surface area (Å²) in [6.45, 7) is 6.33. The molecule has 0 spiro atoms. The van der Waals surface area contributed by atoms with Crippen molar-refractivity contribution >= 4 is 52.0 Å². The lowest BCUT2D eigenvalue weighted by Gasteiger charge is -2.42. The Morgan fingerprint density at radius 3 is 2.53 bits per heavy atom. The molecule has 1 aromatic heterocycles. The Hall–Kier alpha value is -2.46. The van der Waals surface area contributed by atoms with Crippen molar-refractivity contribution in [3.63, 3.8) is 0 Å². The second-order valence-electron chi connectivity index (χ2n) is 9.64. The minimum absolute atomic E-state index is 0.0781. The number of morpholine rings is 1. The monoisotopic (exact) mass is 532 g/mol. The first-order valence-corrected chi connectivity index (χ1v) is 13.6. The predicted molar refractivity (Wildman–Crippen MR) is 143 cm³/mol. The lowest BCUT2D eigenvalue weighted by Crippen LogP contribution is -2.57. The maximum atomic E-state index is 13.6. The number of hydrogen-bond donors (Lipinski definition) is 2. The molecule has 1 atom stereocenters. The van der Waals surface area contributed by atoms with Gasteiger partial charge in [-0.1, -0.05) is 31.9 Å². The molecule has 1 aromatic carbocycles. The number of rotatable bonds is 10. The zero-order chi connectivity index (χ0) is 25.7. The van der Waals surface area contributed by atoms with E-state index in [4.69, 9.17) is 16.3 Å². The Kier molecular flexibility index (Phi) is 9.00. The third-order valence-corrected chi connectivity index (χ3v) is 7.74. The highest BCUT2D eigenvalue weighted by atomic mass is 35.5. The molecule has 2 N–H and O–H groups in total. The van der Waals surface area contributed by atoms with Crippen LogP contribution in [0.15, 0.2) is 36.4 Å². The van der Waals surface area contributed by atoms with Crippen molar-refractivity contribution in [3.05, 3.63) is 45.6 Å². The van der Waals surface area contributed by atoms with Crippen molar-refractivity contribution in [2.24, 2.45) is 5.92 Å². The predicted octanol–water partition coefficient (Wildman–Crippen LogP) is 4.01. The van der Waals surface area contributed by atoms with Crippen LogP contribution in [0.2, 0.25) is 4.34 Å². The molecular weight excluding hydrogens is 500 g/mol. The van der Waals surface area contributed by atoms with E-state index in [1.807, 2.05) is 12.1 Å². The van der Waals surface area contributed by atoms with Crippen molar-refractivity contribution in [1.82, 2.24) is 10.2 Å². The molecule has 0 radical (unpaired) electrons. The fraction of sp³-hybridized carbons (Fsp3) is 0.500. The Labute approximate surface area is 220 Å². The zero-order valence-electron chi connectivity index (χ0n) is 20.7. The zero-order valence-corrected chi connectivity index (χ0v) is 22.2. The average Bonchev–Trinajstić information content (AvgIpc) is 3.25. The van der Waals surface area contributed by atoms with Gasteiger partial charge in [-0.15, -0.1) is 11.3 Å². The molecule has 1 aliphatic carbocycles. The first kappa shape index (κ1) is 26.6. The van der Waals surface area contributed by atoms with E-state index >= 15 is 0 Å². The van der Waals surface area contributed by atoms with E-state index in [9.17, 15) is 14.4 Å². The molecule has 10 heteroatoms. The minimum atomic E-state index is -0.516. The lowest BCUT2D eigenvalue weighted by atomic mass is 9.89. The molecule has 36 heavy (non-hydrogen) atoms. The van der Waals surface area contributed by atoms with Gasteiger partial charge in [0.1, 0.15) is 12.6 Å². The van der Waals surface area contributed by atoms with E-state index in [-0.39, 0.29) is 30.9 Å². The molecule has 4 rings (SSSR count). The number of anilines is 2. The van der Waals surface area contributed by atoms with Crippen LogP contribution in [0, 0.1) is 5.92 Å². The molecule has 2 fully saturated rings. The number of amides is 3. The van der Waals surface area contributed by atoms with Crippen LogP contribution >= 0.6 is 22.9 Å². The van der Waals surface area contributed by atoms with Gasteiger partial charge in [0, 0.05) is 37.1 Å². The van der Waals surface area contributed by atoms with Crippen molar-refractivity contribution in [1.29, 1.82) is 0 Å². The first-order valence-electron chi connectivity index (χ1n) is 12.4. The molecule has 2 aliphatic rings. The molecule has 3 amide bonds. The van der Waals surface area contributed by atoms with Crippen LogP contribution in [0.25, 0.3) is 0 Å². The van der Waals surface area contributed by atoms with Gasteiger partial charge in [0.15, 0.2) is 0 Å². The van der Waals surface area contributed by atoms with E-state index in [2.05, 4.69) is 29.4 Å². The highest BCUT2D eigenvalue weighted by Gasteiger charge is 2.35. The van der Waals surface area contributed by atoms with Gasteiger partial charge in [0.05, 0.1) is 15.8 Å². The Morgan fingerprint density at radius 2 is 1.94 bits per heavy atom. The standard InChI is InChI=1S/C26H33ClN4O4S/c1-17(2)15-31(19-4-3-5-19)21(14-28-26(34)22-10-11-23(27)36-22)25(33)29-18-6-8-20(9-7-18)30-12-13-35-16-24(30)32/h6-11,17,19,21H,3-5,12-16H2,1-2H3,(H,28,34)(H,29,33)/t21-/m0/s1. The summed E-state index contributed by atoms with van der Waals surface area (Å²) in [7, 11) is 0. The maximum absolute atomic E-state index is 13.6. The van der Waals surface area contributed by atoms with Gasteiger partial charge in [-0.3, -0.25) is 19.3 Å². The summed E-state index contributed by atoms with van der Waals surface area (Å²) in [6.07, 6.45) is 3.25. The number of halogens is 1. The molecule has 2 heterocycles. The SMILES string of the molecule is CC(C)CN(C1CCC1)[C@@H](CNC(=O)c1ccc(Cl)s1)C(=O)Nc1ccc(N2CCOCC2=O)cc1. The summed E-state index contributed by atoms with van der Waals surface area (Å²) in [5, 5.41) is 5.98. The normalized spacial score (nSPS) is 17.2. The summed E-state index contributed by atoms with van der Waals surface area (Å²) < 4.78 is 5.75. The Bertz CT molecular complexity index is 1070. The molecule has 8 nitrogen and oxygen atoms in total. The number of benzene rings is 1. The highest BCUT2D eigenvalue weighted by molar-refractivity contribution is 7.18. The molecule has 2 aromatic rings. The quantitative estimate of drug-likeness (QED) is 0.482.